The Bertz CT molecular complexity index is 483. The average molecular weight is 269 g/mol. The smallest absolute Gasteiger partial charge is 0.345 e. The Morgan fingerprint density at radius 1 is 1.11 bits per heavy atom. The lowest BCUT2D eigenvalue weighted by atomic mass is 10.1. The number of methoxy groups -OCH3 is 2. The van der Waals surface area contributed by atoms with E-state index in [1.165, 1.54) is 12.1 Å². The molecule has 7 nitrogen and oxygen atoms in total. The maximum atomic E-state index is 11.4. The molecule has 0 amide bonds. The van der Waals surface area contributed by atoms with Crippen LogP contribution in [0.5, 0.6) is 0 Å². The summed E-state index contributed by atoms with van der Waals surface area (Å²) in [6, 6.07) is 3.65. The van der Waals surface area contributed by atoms with Gasteiger partial charge in [-0.25, -0.2) is 9.59 Å². The van der Waals surface area contributed by atoms with Crippen molar-refractivity contribution in [1.29, 1.82) is 0 Å². The van der Waals surface area contributed by atoms with E-state index in [4.69, 9.17) is 0 Å². The van der Waals surface area contributed by atoms with Gasteiger partial charge in [-0.1, -0.05) is 19.9 Å². The maximum absolute atomic E-state index is 11.4. The van der Waals surface area contributed by atoms with Crippen molar-refractivity contribution in [1.82, 2.24) is 0 Å². The van der Waals surface area contributed by atoms with Crippen molar-refractivity contribution in [2.24, 2.45) is 0 Å². The van der Waals surface area contributed by atoms with Gasteiger partial charge in [-0.2, -0.15) is 0 Å². The minimum Gasteiger partial charge on any atom is -0.465 e. The van der Waals surface area contributed by atoms with Gasteiger partial charge in [0.1, 0.15) is 0 Å². The molecule has 0 saturated heterocycles. The van der Waals surface area contributed by atoms with Gasteiger partial charge < -0.3 is 9.47 Å². The zero-order valence-electron chi connectivity index (χ0n) is 11.1. The van der Waals surface area contributed by atoms with Gasteiger partial charge in [-0.15, -0.1) is 0 Å². The first-order valence-corrected chi connectivity index (χ1v) is 5.47. The fourth-order valence-electron chi connectivity index (χ4n) is 1.29. The minimum absolute atomic E-state index is 0.200. The topological polar surface area (TPSA) is 95.7 Å². The van der Waals surface area contributed by atoms with Gasteiger partial charge in [0.05, 0.1) is 24.7 Å². The highest BCUT2D eigenvalue weighted by molar-refractivity contribution is 6.05. The van der Waals surface area contributed by atoms with Crippen LogP contribution in [0, 0.1) is 10.1 Å². The molecule has 104 valence electrons. The van der Waals surface area contributed by atoms with Gasteiger partial charge in [-0.05, 0) is 6.07 Å². The third-order valence-corrected chi connectivity index (χ3v) is 2.03. The monoisotopic (exact) mass is 269 g/mol. The Morgan fingerprint density at radius 3 is 2.05 bits per heavy atom. The third-order valence-electron chi connectivity index (χ3n) is 2.03. The van der Waals surface area contributed by atoms with Gasteiger partial charge in [0.2, 0.25) is 0 Å². The average Bonchev–Trinajstić information content (AvgIpc) is 2.46. The predicted octanol–water partition coefficient (Wildman–Crippen LogP) is 2.19. The third kappa shape index (κ3) is 3.77. The number of hydrogen-bond acceptors (Lipinski definition) is 6. The number of carbonyl (C=O) groups is 2. The van der Waals surface area contributed by atoms with Gasteiger partial charge in [0, 0.05) is 6.07 Å². The molecule has 1 rings (SSSR count). The van der Waals surface area contributed by atoms with Gasteiger partial charge in [-0.3, -0.25) is 10.1 Å². The molecule has 0 aliphatic carbocycles. The second-order valence-corrected chi connectivity index (χ2v) is 2.94. The summed E-state index contributed by atoms with van der Waals surface area (Å²) in [7, 11) is 2.18. The first-order valence-electron chi connectivity index (χ1n) is 5.47. The quantitative estimate of drug-likeness (QED) is 0.474. The van der Waals surface area contributed by atoms with E-state index in [2.05, 4.69) is 9.47 Å². The number of carbonyl (C=O) groups excluding carboxylic acids is 2. The van der Waals surface area contributed by atoms with E-state index in [0.717, 1.165) is 20.3 Å². The van der Waals surface area contributed by atoms with Crippen LogP contribution in [-0.2, 0) is 9.47 Å². The van der Waals surface area contributed by atoms with Crippen molar-refractivity contribution in [2.45, 2.75) is 13.8 Å². The highest BCUT2D eigenvalue weighted by Gasteiger charge is 2.28. The summed E-state index contributed by atoms with van der Waals surface area (Å²) in [4.78, 5) is 32.8. The second-order valence-electron chi connectivity index (χ2n) is 2.94. The fourth-order valence-corrected chi connectivity index (χ4v) is 1.29. The van der Waals surface area contributed by atoms with E-state index >= 15 is 0 Å². The molecule has 0 bridgehead atoms. The van der Waals surface area contributed by atoms with Crippen molar-refractivity contribution >= 4 is 17.6 Å². The van der Waals surface area contributed by atoms with E-state index < -0.39 is 28.1 Å². The summed E-state index contributed by atoms with van der Waals surface area (Å²) in [6.07, 6.45) is 0. The molecular weight excluding hydrogens is 254 g/mol. The largest absolute Gasteiger partial charge is 0.465 e. The Labute approximate surface area is 110 Å². The molecule has 0 saturated carbocycles. The number of ether oxygens (including phenoxy) is 2. The minimum atomic E-state index is -0.960. The second kappa shape index (κ2) is 7.80. The molecule has 0 unspecified atom stereocenters. The maximum Gasteiger partial charge on any atom is 0.345 e. The van der Waals surface area contributed by atoms with Gasteiger partial charge in [0.15, 0.2) is 5.56 Å². The van der Waals surface area contributed by atoms with Crippen molar-refractivity contribution < 1.29 is 24.0 Å². The number of nitrogens with zero attached hydrogens (tertiary/aromatic N) is 1. The summed E-state index contributed by atoms with van der Waals surface area (Å²) in [5.74, 6) is -1.80. The number of rotatable bonds is 3. The van der Waals surface area contributed by atoms with E-state index in [1.54, 1.807) is 0 Å². The summed E-state index contributed by atoms with van der Waals surface area (Å²) in [5, 5.41) is 10.8. The molecule has 1 aromatic rings. The molecular formula is C12H15NO6. The number of nitro benzene ring substituents is 1. The van der Waals surface area contributed by atoms with Crippen molar-refractivity contribution in [3.63, 3.8) is 0 Å². The lowest BCUT2D eigenvalue weighted by Gasteiger charge is -2.06. The summed E-state index contributed by atoms with van der Waals surface area (Å²) < 4.78 is 8.85. The highest BCUT2D eigenvalue weighted by Crippen LogP contribution is 2.23. The fraction of sp³-hybridized carbons (Fsp3) is 0.333. The normalized spacial score (nSPS) is 8.84. The Kier molecular flexibility index (Phi) is 6.80. The van der Waals surface area contributed by atoms with Crippen LogP contribution in [0.1, 0.15) is 34.6 Å². The van der Waals surface area contributed by atoms with Crippen LogP contribution in [0.3, 0.4) is 0 Å². The van der Waals surface area contributed by atoms with E-state index in [0.29, 0.717) is 0 Å². The number of hydrogen-bond donors (Lipinski definition) is 0. The zero-order valence-corrected chi connectivity index (χ0v) is 11.1. The van der Waals surface area contributed by atoms with Crippen molar-refractivity contribution in [3.8, 4) is 0 Å². The van der Waals surface area contributed by atoms with Crippen LogP contribution in [0.4, 0.5) is 5.69 Å². The molecule has 0 spiro atoms. The molecule has 0 aromatic heterocycles. The van der Waals surface area contributed by atoms with E-state index in [9.17, 15) is 19.7 Å². The summed E-state index contributed by atoms with van der Waals surface area (Å²) in [6.45, 7) is 4.00. The molecule has 7 heteroatoms. The van der Waals surface area contributed by atoms with E-state index in [1.807, 2.05) is 13.8 Å². The highest BCUT2D eigenvalue weighted by atomic mass is 16.6. The van der Waals surface area contributed by atoms with Gasteiger partial charge in [0.25, 0.3) is 5.69 Å². The summed E-state index contributed by atoms with van der Waals surface area (Å²) in [5.41, 5.74) is -1.11. The molecule has 19 heavy (non-hydrogen) atoms. The first-order chi connectivity index (χ1) is 9.02. The van der Waals surface area contributed by atoms with Crippen LogP contribution in [0.15, 0.2) is 18.2 Å². The molecule has 0 radical (unpaired) electrons. The lowest BCUT2D eigenvalue weighted by Crippen LogP contribution is -2.14. The Balaban J connectivity index is 0.00000154. The van der Waals surface area contributed by atoms with Crippen LogP contribution in [-0.4, -0.2) is 31.1 Å². The Morgan fingerprint density at radius 2 is 1.63 bits per heavy atom. The molecule has 0 N–H and O–H groups in total. The van der Waals surface area contributed by atoms with Crippen LogP contribution < -0.4 is 0 Å². The number of benzene rings is 1. The number of nitro groups is 1. The predicted molar refractivity (Wildman–Crippen MR) is 67.1 cm³/mol. The van der Waals surface area contributed by atoms with Crippen molar-refractivity contribution in [2.75, 3.05) is 14.2 Å². The molecule has 0 aliphatic heterocycles. The van der Waals surface area contributed by atoms with Gasteiger partial charge >= 0.3 is 11.9 Å². The summed E-state index contributed by atoms with van der Waals surface area (Å²) >= 11 is 0. The van der Waals surface area contributed by atoms with Crippen LogP contribution in [0.25, 0.3) is 0 Å². The standard InChI is InChI=1S/C10H9NO6.C2H6/c1-16-9(12)6-4-3-5-7(11(14)15)8(6)10(13)17-2;1-2/h3-5H,1-2H3;1-2H3. The molecule has 0 atom stereocenters. The molecule has 0 heterocycles. The number of esters is 2. The lowest BCUT2D eigenvalue weighted by molar-refractivity contribution is -0.385. The SMILES string of the molecule is CC.COC(=O)c1cccc([N+](=O)[O-])c1C(=O)OC. The molecule has 0 fully saturated rings. The van der Waals surface area contributed by atoms with Crippen LogP contribution >= 0.6 is 0 Å². The van der Waals surface area contributed by atoms with E-state index in [-0.39, 0.29) is 5.56 Å². The van der Waals surface area contributed by atoms with Crippen LogP contribution in [0.2, 0.25) is 0 Å². The zero-order chi connectivity index (χ0) is 15.0. The first kappa shape index (κ1) is 16.6. The molecule has 1 aromatic carbocycles. The van der Waals surface area contributed by atoms with Crippen molar-refractivity contribution in [3.05, 3.63) is 39.4 Å². The Hall–Kier alpha value is -2.44. The molecule has 0 aliphatic rings.